The smallest absolute Gasteiger partial charge is 0.335 e. The number of halogens is 1. The van der Waals surface area contributed by atoms with E-state index in [1.54, 1.807) is 30.3 Å². The van der Waals surface area contributed by atoms with E-state index < -0.39 is 5.97 Å². The van der Waals surface area contributed by atoms with Crippen LogP contribution in [0.2, 0.25) is 5.02 Å². The molecule has 0 saturated heterocycles. The van der Waals surface area contributed by atoms with Gasteiger partial charge in [-0.25, -0.2) is 9.78 Å². The van der Waals surface area contributed by atoms with Gasteiger partial charge in [0.2, 0.25) is 5.91 Å². The quantitative estimate of drug-likeness (QED) is 0.241. The molecule has 37 heavy (non-hydrogen) atoms. The molecule has 1 aliphatic carbocycles. The zero-order valence-corrected chi connectivity index (χ0v) is 20.5. The molecule has 0 spiro atoms. The van der Waals surface area contributed by atoms with E-state index in [9.17, 15) is 9.59 Å². The predicted octanol–water partition coefficient (Wildman–Crippen LogP) is 4.30. The number of nitrogens with zero attached hydrogens (tertiary/aromatic N) is 2. The molecule has 190 valence electrons. The van der Waals surface area contributed by atoms with Gasteiger partial charge >= 0.3 is 5.97 Å². The fraction of sp³-hybridized carbons (Fsp3) is 0.259. The Labute approximate surface area is 217 Å². The average Bonchev–Trinajstić information content (AvgIpc) is 3.27. The average molecular weight is 521 g/mol. The molecule has 2 aromatic heterocycles. The van der Waals surface area contributed by atoms with Gasteiger partial charge < -0.3 is 25.3 Å². The Kier molecular flexibility index (Phi) is 7.07. The monoisotopic (exact) mass is 520 g/mol. The van der Waals surface area contributed by atoms with E-state index in [4.69, 9.17) is 26.6 Å². The summed E-state index contributed by atoms with van der Waals surface area (Å²) in [7, 11) is 0. The third kappa shape index (κ3) is 5.42. The summed E-state index contributed by atoms with van der Waals surface area (Å²) >= 11 is 6.53. The summed E-state index contributed by atoms with van der Waals surface area (Å²) in [5.41, 5.74) is 4.61. The second-order valence-corrected chi connectivity index (χ2v) is 9.38. The van der Waals surface area contributed by atoms with Gasteiger partial charge in [-0.05, 0) is 48.6 Å². The number of rotatable bonds is 9. The Balaban J connectivity index is 1.26. The Morgan fingerprint density at radius 1 is 1.03 bits per heavy atom. The summed E-state index contributed by atoms with van der Waals surface area (Å²) in [6.45, 7) is 0.524. The zero-order chi connectivity index (χ0) is 25.9. The number of H-pyrrole nitrogens is 1. The van der Waals surface area contributed by atoms with E-state index in [1.165, 1.54) is 0 Å². The molecule has 1 aliphatic rings. The van der Waals surface area contributed by atoms with Crippen LogP contribution in [0.25, 0.3) is 33.5 Å². The standard InChI is InChI=1S/C27H25ClN4O5/c28-21-14-22-24(32-27(30-22)37-20-12-19(13-20)25(34)29-10-1-11-33)31-23(21)17-6-2-15(3-7-17)16-4-8-18(9-5-16)26(35)36/h2-9,14,19-20,33H,1,10-13H2,(H,29,34)(H,35,36)(H,30,31,32). The van der Waals surface area contributed by atoms with Crippen LogP contribution >= 0.6 is 11.6 Å². The molecule has 1 fully saturated rings. The molecule has 1 saturated carbocycles. The van der Waals surface area contributed by atoms with Gasteiger partial charge in [0.05, 0.1) is 21.8 Å². The maximum Gasteiger partial charge on any atom is 0.335 e. The van der Waals surface area contributed by atoms with Crippen molar-refractivity contribution in [2.75, 3.05) is 13.2 Å². The molecule has 0 bridgehead atoms. The number of aromatic carboxylic acids is 1. The molecule has 9 nitrogen and oxygen atoms in total. The Bertz CT molecular complexity index is 1430. The molecule has 0 radical (unpaired) electrons. The number of fused-ring (bicyclic) bond motifs is 1. The van der Waals surface area contributed by atoms with Gasteiger partial charge in [-0.2, -0.15) is 4.98 Å². The number of carboxylic acids is 1. The van der Waals surface area contributed by atoms with Gasteiger partial charge in [-0.15, -0.1) is 0 Å². The number of carbonyl (C=O) groups is 2. The fourth-order valence-corrected chi connectivity index (χ4v) is 4.51. The number of hydrogen-bond donors (Lipinski definition) is 4. The Hall–Kier alpha value is -3.95. The number of pyridine rings is 1. The lowest BCUT2D eigenvalue weighted by Crippen LogP contribution is -2.44. The third-order valence-corrected chi connectivity index (χ3v) is 6.69. The van der Waals surface area contributed by atoms with Crippen molar-refractivity contribution in [3.8, 4) is 28.4 Å². The van der Waals surface area contributed by atoms with Gasteiger partial charge in [-0.3, -0.25) is 4.79 Å². The molecule has 10 heteroatoms. The highest BCUT2D eigenvalue weighted by Crippen LogP contribution is 2.33. The summed E-state index contributed by atoms with van der Waals surface area (Å²) in [6.07, 6.45) is 1.64. The topological polar surface area (TPSA) is 137 Å². The van der Waals surface area contributed by atoms with Crippen molar-refractivity contribution in [1.82, 2.24) is 20.3 Å². The number of nitrogens with one attached hydrogen (secondary N) is 2. The van der Waals surface area contributed by atoms with Crippen LogP contribution in [0, 0.1) is 5.92 Å². The van der Waals surface area contributed by atoms with Crippen molar-refractivity contribution < 1.29 is 24.5 Å². The summed E-state index contributed by atoms with van der Waals surface area (Å²) in [5.74, 6) is -1.07. The van der Waals surface area contributed by atoms with Gasteiger partial charge in [0.15, 0.2) is 5.65 Å². The summed E-state index contributed by atoms with van der Waals surface area (Å²) in [4.78, 5) is 35.3. The molecule has 4 N–H and O–H groups in total. The minimum atomic E-state index is -0.959. The number of ether oxygens (including phenoxy) is 1. The number of imidazole rings is 1. The van der Waals surface area contributed by atoms with E-state index in [0.29, 0.717) is 53.7 Å². The highest BCUT2D eigenvalue weighted by Gasteiger charge is 2.36. The molecule has 0 atom stereocenters. The van der Waals surface area contributed by atoms with Crippen molar-refractivity contribution in [2.24, 2.45) is 5.92 Å². The minimum Gasteiger partial charge on any atom is -0.478 e. The van der Waals surface area contributed by atoms with Crippen LogP contribution in [-0.2, 0) is 4.79 Å². The molecule has 5 rings (SSSR count). The predicted molar refractivity (Wildman–Crippen MR) is 139 cm³/mol. The largest absolute Gasteiger partial charge is 0.478 e. The number of amides is 1. The van der Waals surface area contributed by atoms with Crippen LogP contribution in [0.5, 0.6) is 6.01 Å². The van der Waals surface area contributed by atoms with Gasteiger partial charge in [0.25, 0.3) is 6.01 Å². The number of hydrogen-bond acceptors (Lipinski definition) is 6. The Morgan fingerprint density at radius 2 is 1.68 bits per heavy atom. The number of aliphatic hydroxyl groups is 1. The lowest BCUT2D eigenvalue weighted by molar-refractivity contribution is -0.130. The van der Waals surface area contributed by atoms with Crippen LogP contribution in [0.4, 0.5) is 0 Å². The van der Waals surface area contributed by atoms with Gasteiger partial charge in [0.1, 0.15) is 6.10 Å². The Morgan fingerprint density at radius 3 is 2.32 bits per heavy atom. The van der Waals surface area contributed by atoms with Crippen molar-refractivity contribution in [3.05, 3.63) is 65.2 Å². The first-order valence-electron chi connectivity index (χ1n) is 12.0. The van der Waals surface area contributed by atoms with E-state index in [1.807, 2.05) is 24.3 Å². The lowest BCUT2D eigenvalue weighted by atomic mass is 9.81. The molecule has 0 unspecified atom stereocenters. The first-order valence-corrected chi connectivity index (χ1v) is 12.3. The van der Waals surface area contributed by atoms with Crippen molar-refractivity contribution >= 4 is 34.6 Å². The molecule has 0 aliphatic heterocycles. The molecular formula is C27H25ClN4O5. The number of aromatic amines is 1. The van der Waals surface area contributed by atoms with E-state index in [2.05, 4.69) is 20.3 Å². The van der Waals surface area contributed by atoms with Gasteiger partial charge in [0, 0.05) is 24.6 Å². The van der Waals surface area contributed by atoms with Crippen LogP contribution in [-0.4, -0.2) is 56.3 Å². The van der Waals surface area contributed by atoms with E-state index >= 15 is 0 Å². The normalized spacial score (nSPS) is 16.8. The van der Waals surface area contributed by atoms with Crippen molar-refractivity contribution in [2.45, 2.75) is 25.4 Å². The number of carbonyl (C=O) groups excluding carboxylic acids is 1. The van der Waals surface area contributed by atoms with Crippen LogP contribution in [0.15, 0.2) is 54.6 Å². The molecule has 2 aromatic carbocycles. The lowest BCUT2D eigenvalue weighted by Gasteiger charge is -2.33. The number of aromatic nitrogens is 3. The first-order chi connectivity index (χ1) is 17.9. The maximum absolute atomic E-state index is 12.1. The fourth-order valence-electron chi connectivity index (χ4n) is 4.25. The molecule has 4 aromatic rings. The molecule has 2 heterocycles. The van der Waals surface area contributed by atoms with Crippen molar-refractivity contribution in [3.63, 3.8) is 0 Å². The number of benzene rings is 2. The molecule has 1 amide bonds. The van der Waals surface area contributed by atoms with E-state index in [0.717, 1.165) is 16.7 Å². The third-order valence-electron chi connectivity index (χ3n) is 6.41. The first kappa shape index (κ1) is 24.7. The van der Waals surface area contributed by atoms with Crippen LogP contribution in [0.1, 0.15) is 29.6 Å². The maximum atomic E-state index is 12.1. The highest BCUT2D eigenvalue weighted by atomic mass is 35.5. The minimum absolute atomic E-state index is 0.0145. The van der Waals surface area contributed by atoms with Crippen LogP contribution in [0.3, 0.4) is 0 Å². The van der Waals surface area contributed by atoms with E-state index in [-0.39, 0.29) is 30.1 Å². The van der Waals surface area contributed by atoms with Crippen LogP contribution < -0.4 is 10.1 Å². The summed E-state index contributed by atoms with van der Waals surface area (Å²) < 4.78 is 5.91. The zero-order valence-electron chi connectivity index (χ0n) is 19.8. The second kappa shape index (κ2) is 10.6. The second-order valence-electron chi connectivity index (χ2n) is 8.97. The van der Waals surface area contributed by atoms with Crippen molar-refractivity contribution in [1.29, 1.82) is 0 Å². The summed E-state index contributed by atoms with van der Waals surface area (Å²) in [6, 6.07) is 16.5. The SMILES string of the molecule is O=C(O)c1ccc(-c2ccc(-c3nc4nc(OC5CC(C(=O)NCCCO)C5)[nH]c4cc3Cl)cc2)cc1. The number of aliphatic hydroxyl groups excluding tert-OH is 1. The highest BCUT2D eigenvalue weighted by molar-refractivity contribution is 6.33. The van der Waals surface area contributed by atoms with Gasteiger partial charge in [-0.1, -0.05) is 48.0 Å². The number of carboxylic acid groups (broad SMARTS) is 1. The molecular weight excluding hydrogens is 496 g/mol. The summed E-state index contributed by atoms with van der Waals surface area (Å²) in [5, 5.41) is 21.2.